The summed E-state index contributed by atoms with van der Waals surface area (Å²) in [5.74, 6) is 0.798. The minimum Gasteiger partial charge on any atom is -0.454 e. The van der Waals surface area contributed by atoms with E-state index in [0.29, 0.717) is 23.8 Å². The number of carbonyl (C=O) groups is 1. The van der Waals surface area contributed by atoms with E-state index in [-0.39, 0.29) is 11.8 Å². The zero-order valence-corrected chi connectivity index (χ0v) is 16.5. The van der Waals surface area contributed by atoms with Crippen LogP contribution >= 0.6 is 0 Å². The Labute approximate surface area is 170 Å². The molecule has 1 aliphatic heterocycles. The maximum absolute atomic E-state index is 11.2. The summed E-state index contributed by atoms with van der Waals surface area (Å²) in [4.78, 5) is 18.0. The molecule has 0 spiro atoms. The number of piperidine rings is 1. The first-order valence-electron chi connectivity index (χ1n) is 9.78. The molecule has 1 saturated heterocycles. The predicted molar refractivity (Wildman–Crippen MR) is 112 cm³/mol. The Bertz CT molecular complexity index is 914. The number of guanidine groups is 1. The molecule has 3 rings (SSSR count). The van der Waals surface area contributed by atoms with Crippen molar-refractivity contribution in [2.24, 2.45) is 10.7 Å². The minimum absolute atomic E-state index is 0.132. The second-order valence-electron chi connectivity index (χ2n) is 6.88. The number of hydrogen-bond acceptors (Lipinski definition) is 5. The van der Waals surface area contributed by atoms with Crippen molar-refractivity contribution in [3.05, 3.63) is 53.5 Å². The van der Waals surface area contributed by atoms with E-state index in [1.54, 1.807) is 12.1 Å². The highest BCUT2D eigenvalue weighted by molar-refractivity contribution is 5.89. The first kappa shape index (κ1) is 20.3. The number of nitriles is 1. The molecule has 152 valence electrons. The number of rotatable bonds is 6. The average molecular weight is 394 g/mol. The topological polar surface area (TPSA) is 120 Å². The van der Waals surface area contributed by atoms with Crippen LogP contribution in [0.1, 0.15) is 41.6 Å². The van der Waals surface area contributed by atoms with E-state index in [4.69, 9.17) is 10.2 Å². The summed E-state index contributed by atoms with van der Waals surface area (Å²) in [7, 11) is 0. The van der Waals surface area contributed by atoms with E-state index in [2.05, 4.69) is 26.6 Å². The van der Waals surface area contributed by atoms with Gasteiger partial charge in [0.15, 0.2) is 11.7 Å². The van der Waals surface area contributed by atoms with Crippen LogP contribution in [0.15, 0.2) is 45.8 Å². The van der Waals surface area contributed by atoms with Gasteiger partial charge in [-0.05, 0) is 44.0 Å². The minimum atomic E-state index is -0.592. The fourth-order valence-corrected chi connectivity index (χ4v) is 3.42. The zero-order valence-electron chi connectivity index (χ0n) is 16.5. The Hall–Kier alpha value is -3.47. The number of anilines is 1. The SMILES string of the molecule is CCNC(=NCc1ccc(C(N)=O)o1)NC1CCCN(c2ccccc2C#N)C1. The summed E-state index contributed by atoms with van der Waals surface area (Å²) < 4.78 is 5.39. The molecule has 8 nitrogen and oxygen atoms in total. The quantitative estimate of drug-likeness (QED) is 0.509. The molecule has 0 saturated carbocycles. The van der Waals surface area contributed by atoms with Crippen LogP contribution in [-0.4, -0.2) is 37.5 Å². The number of benzene rings is 1. The van der Waals surface area contributed by atoms with Crippen molar-refractivity contribution in [1.29, 1.82) is 5.26 Å². The lowest BCUT2D eigenvalue weighted by Crippen LogP contribution is -2.51. The predicted octanol–water partition coefficient (Wildman–Crippen LogP) is 1.97. The number of furan rings is 1. The number of nitrogens with one attached hydrogen (secondary N) is 2. The molecule has 1 atom stereocenters. The molecule has 1 aliphatic rings. The summed E-state index contributed by atoms with van der Waals surface area (Å²) in [6.07, 6.45) is 2.04. The van der Waals surface area contributed by atoms with Gasteiger partial charge in [-0.2, -0.15) is 5.26 Å². The van der Waals surface area contributed by atoms with Crippen LogP contribution in [0.4, 0.5) is 5.69 Å². The lowest BCUT2D eigenvalue weighted by molar-refractivity contribution is 0.0972. The summed E-state index contributed by atoms with van der Waals surface area (Å²) in [6, 6.07) is 13.4. The third-order valence-electron chi connectivity index (χ3n) is 4.77. The number of primary amides is 1. The van der Waals surface area contributed by atoms with Crippen LogP contribution in [0.2, 0.25) is 0 Å². The number of hydrogen-bond donors (Lipinski definition) is 3. The summed E-state index contributed by atoms with van der Waals surface area (Å²) >= 11 is 0. The summed E-state index contributed by atoms with van der Waals surface area (Å²) in [5.41, 5.74) is 6.88. The van der Waals surface area contributed by atoms with Gasteiger partial charge in [-0.15, -0.1) is 0 Å². The van der Waals surface area contributed by atoms with Gasteiger partial charge in [0.25, 0.3) is 5.91 Å². The molecular weight excluding hydrogens is 368 g/mol. The van der Waals surface area contributed by atoms with E-state index in [1.165, 1.54) is 0 Å². The van der Waals surface area contributed by atoms with Gasteiger partial charge in [0.05, 0.1) is 11.3 Å². The number of para-hydroxylation sites is 1. The normalized spacial score (nSPS) is 16.9. The number of carbonyl (C=O) groups excluding carboxylic acids is 1. The first-order valence-corrected chi connectivity index (χ1v) is 9.78. The molecule has 0 bridgehead atoms. The lowest BCUT2D eigenvalue weighted by atomic mass is 10.0. The highest BCUT2D eigenvalue weighted by Crippen LogP contribution is 2.23. The molecule has 1 aromatic heterocycles. The van der Waals surface area contributed by atoms with Crippen molar-refractivity contribution in [2.45, 2.75) is 32.4 Å². The second-order valence-corrected chi connectivity index (χ2v) is 6.88. The number of amides is 1. The van der Waals surface area contributed by atoms with E-state index in [0.717, 1.165) is 38.2 Å². The fraction of sp³-hybridized carbons (Fsp3) is 0.381. The Morgan fingerprint density at radius 2 is 2.21 bits per heavy atom. The van der Waals surface area contributed by atoms with Crippen LogP contribution in [0.5, 0.6) is 0 Å². The van der Waals surface area contributed by atoms with Crippen LogP contribution in [0.25, 0.3) is 0 Å². The molecule has 0 radical (unpaired) electrons. The molecule has 1 amide bonds. The van der Waals surface area contributed by atoms with Crippen LogP contribution < -0.4 is 21.3 Å². The third-order valence-corrected chi connectivity index (χ3v) is 4.77. The molecule has 0 aliphatic carbocycles. The van der Waals surface area contributed by atoms with Crippen LogP contribution in [0.3, 0.4) is 0 Å². The third kappa shape index (κ3) is 5.29. The molecule has 4 N–H and O–H groups in total. The van der Waals surface area contributed by atoms with Crippen molar-refractivity contribution < 1.29 is 9.21 Å². The van der Waals surface area contributed by atoms with Crippen molar-refractivity contribution in [1.82, 2.24) is 10.6 Å². The standard InChI is InChI=1S/C21H26N6O2/c1-2-24-21(25-13-17-9-10-19(29-17)20(23)28)26-16-7-5-11-27(14-16)18-8-4-3-6-15(18)12-22/h3-4,6,8-10,16H,2,5,7,11,13-14H2,1H3,(H2,23,28)(H2,24,25,26). The van der Waals surface area contributed by atoms with Gasteiger partial charge in [-0.1, -0.05) is 12.1 Å². The van der Waals surface area contributed by atoms with Gasteiger partial charge in [0, 0.05) is 25.7 Å². The molecule has 1 fully saturated rings. The first-order chi connectivity index (χ1) is 14.1. The van der Waals surface area contributed by atoms with Crippen molar-refractivity contribution in [3.8, 4) is 6.07 Å². The molecule has 29 heavy (non-hydrogen) atoms. The van der Waals surface area contributed by atoms with Gasteiger partial charge in [0.2, 0.25) is 0 Å². The molecule has 2 aromatic rings. The Kier molecular flexibility index (Phi) is 6.74. The average Bonchev–Trinajstić information content (AvgIpc) is 3.22. The fourth-order valence-electron chi connectivity index (χ4n) is 3.42. The van der Waals surface area contributed by atoms with E-state index < -0.39 is 5.91 Å². The van der Waals surface area contributed by atoms with E-state index in [9.17, 15) is 10.1 Å². The number of aliphatic imine (C=N–C) groups is 1. The molecule has 1 unspecified atom stereocenters. The van der Waals surface area contributed by atoms with Crippen molar-refractivity contribution in [3.63, 3.8) is 0 Å². The smallest absolute Gasteiger partial charge is 0.284 e. The maximum atomic E-state index is 11.2. The Morgan fingerprint density at radius 3 is 2.93 bits per heavy atom. The van der Waals surface area contributed by atoms with Gasteiger partial charge < -0.3 is 25.7 Å². The second kappa shape index (κ2) is 9.64. The molecular formula is C21H26N6O2. The largest absolute Gasteiger partial charge is 0.454 e. The van der Waals surface area contributed by atoms with Crippen LogP contribution in [-0.2, 0) is 6.54 Å². The van der Waals surface area contributed by atoms with E-state index in [1.807, 2.05) is 31.2 Å². The summed E-state index contributed by atoms with van der Waals surface area (Å²) in [5, 5.41) is 16.1. The van der Waals surface area contributed by atoms with Gasteiger partial charge >= 0.3 is 0 Å². The molecule has 8 heteroatoms. The van der Waals surface area contributed by atoms with Crippen molar-refractivity contribution >= 4 is 17.6 Å². The number of nitrogens with zero attached hydrogens (tertiary/aromatic N) is 3. The van der Waals surface area contributed by atoms with E-state index >= 15 is 0 Å². The zero-order chi connectivity index (χ0) is 20.6. The highest BCUT2D eigenvalue weighted by atomic mass is 16.3. The van der Waals surface area contributed by atoms with Crippen LogP contribution in [0, 0.1) is 11.3 Å². The summed E-state index contributed by atoms with van der Waals surface area (Å²) in [6.45, 7) is 4.74. The van der Waals surface area contributed by atoms with Gasteiger partial charge in [0.1, 0.15) is 18.4 Å². The Balaban J connectivity index is 1.66. The highest BCUT2D eigenvalue weighted by Gasteiger charge is 2.22. The van der Waals surface area contributed by atoms with Gasteiger partial charge in [-0.3, -0.25) is 4.79 Å². The monoisotopic (exact) mass is 394 g/mol. The number of nitrogens with two attached hydrogens (primary N) is 1. The lowest BCUT2D eigenvalue weighted by Gasteiger charge is -2.35. The van der Waals surface area contributed by atoms with Gasteiger partial charge in [-0.25, -0.2) is 4.99 Å². The maximum Gasteiger partial charge on any atom is 0.284 e. The van der Waals surface area contributed by atoms with Crippen molar-refractivity contribution in [2.75, 3.05) is 24.5 Å². The molecule has 2 heterocycles. The Morgan fingerprint density at radius 1 is 1.38 bits per heavy atom. The molecule has 1 aromatic carbocycles.